The highest BCUT2D eigenvalue weighted by Gasteiger charge is 2.57. The molecule has 7 heteroatoms. The van der Waals surface area contributed by atoms with Crippen LogP contribution in [0.5, 0.6) is 0 Å². The second-order valence-corrected chi connectivity index (χ2v) is 8.61. The summed E-state index contributed by atoms with van der Waals surface area (Å²) in [5.41, 5.74) is 0.295. The normalized spacial score (nSPS) is 42.8. The Morgan fingerprint density at radius 2 is 1.92 bits per heavy atom. The molecule has 7 atom stereocenters. The fourth-order valence-electron chi connectivity index (χ4n) is 4.94. The number of ether oxygens (including phenoxy) is 4. The summed E-state index contributed by atoms with van der Waals surface area (Å²) in [5.74, 6) is 1.20. The third-order valence-electron chi connectivity index (χ3n) is 6.20. The maximum Gasteiger partial charge on any atom is 0.334 e. The molecule has 0 radical (unpaired) electrons. The van der Waals surface area contributed by atoms with Gasteiger partial charge in [-0.3, -0.25) is 0 Å². The highest BCUT2D eigenvalue weighted by Crippen LogP contribution is 2.55. The molecule has 3 aliphatic rings. The Hall–Kier alpha value is -0.330. The lowest BCUT2D eigenvalue weighted by atomic mass is 9.65. The van der Waals surface area contributed by atoms with E-state index in [1.165, 1.54) is 0 Å². The minimum atomic E-state index is -0.454. The number of carbonyl (C=O) groups excluding carboxylic acids is 1. The smallest absolute Gasteiger partial charge is 0.334 e. The monoisotopic (exact) mass is 406 g/mol. The van der Waals surface area contributed by atoms with Crippen LogP contribution < -0.4 is 0 Å². The van der Waals surface area contributed by atoms with E-state index in [-0.39, 0.29) is 29.7 Å². The van der Waals surface area contributed by atoms with E-state index in [4.69, 9.17) is 42.1 Å². The maximum atomic E-state index is 12.0. The predicted octanol–water partition coefficient (Wildman–Crippen LogP) is 3.72. The lowest BCUT2D eigenvalue weighted by molar-refractivity contribution is -0.328. The number of rotatable bonds is 6. The highest BCUT2D eigenvalue weighted by atomic mass is 35.5. The molecule has 1 aliphatic carbocycles. The minimum Gasteiger partial charge on any atom is -0.458 e. The summed E-state index contributed by atoms with van der Waals surface area (Å²) in [6.07, 6.45) is 1.42. The van der Waals surface area contributed by atoms with Crippen molar-refractivity contribution in [3.63, 3.8) is 0 Å². The first-order valence-corrected chi connectivity index (χ1v) is 10.4. The SMILES string of the molecule is C=C1C(=O)O[C@H]2C[C@H](C)[C@H]3C[C@H](OCCCl)O[C@H](OCCCl)[C@]3(C)C[C@@H]12. The van der Waals surface area contributed by atoms with Crippen molar-refractivity contribution in [2.75, 3.05) is 25.0 Å². The van der Waals surface area contributed by atoms with E-state index < -0.39 is 6.29 Å². The van der Waals surface area contributed by atoms with Crippen LogP contribution in [0.2, 0.25) is 0 Å². The Morgan fingerprint density at radius 1 is 1.23 bits per heavy atom. The average molecular weight is 407 g/mol. The van der Waals surface area contributed by atoms with Gasteiger partial charge in [-0.05, 0) is 24.7 Å². The van der Waals surface area contributed by atoms with Crippen LogP contribution in [-0.2, 0) is 23.7 Å². The van der Waals surface area contributed by atoms with E-state index in [2.05, 4.69) is 20.4 Å². The molecule has 5 nitrogen and oxygen atoms in total. The van der Waals surface area contributed by atoms with Crippen LogP contribution in [0.3, 0.4) is 0 Å². The quantitative estimate of drug-likeness (QED) is 0.382. The molecule has 1 saturated carbocycles. The van der Waals surface area contributed by atoms with E-state index >= 15 is 0 Å². The molecular weight excluding hydrogens is 379 g/mol. The standard InChI is InChI=1S/C19H28Cl2O5/c1-11-8-15-13(12(2)17(22)25-15)10-19(3)14(11)9-16(23-6-4-20)26-18(19)24-7-5-21/h11,13-16,18H,2,4-10H2,1,3H3/t11-,13-,14+,15-,16+,18-,19+/m0/s1. The molecule has 0 N–H and O–H groups in total. The van der Waals surface area contributed by atoms with E-state index in [0.29, 0.717) is 42.4 Å². The number of alkyl halides is 2. The van der Waals surface area contributed by atoms with Crippen LogP contribution in [0.4, 0.5) is 0 Å². The van der Waals surface area contributed by atoms with Gasteiger partial charge in [-0.25, -0.2) is 4.79 Å². The molecule has 3 rings (SSSR count). The summed E-state index contributed by atoms with van der Waals surface area (Å²) >= 11 is 11.6. The zero-order valence-corrected chi connectivity index (χ0v) is 16.9. The average Bonchev–Trinajstić information content (AvgIpc) is 2.80. The summed E-state index contributed by atoms with van der Waals surface area (Å²) in [6, 6.07) is 0. The number of esters is 1. The van der Waals surface area contributed by atoms with Gasteiger partial charge < -0.3 is 18.9 Å². The fourth-order valence-corrected chi connectivity index (χ4v) is 5.12. The topological polar surface area (TPSA) is 54.0 Å². The second-order valence-electron chi connectivity index (χ2n) is 7.86. The molecule has 0 bridgehead atoms. The van der Waals surface area contributed by atoms with Crippen molar-refractivity contribution in [1.82, 2.24) is 0 Å². The summed E-state index contributed by atoms with van der Waals surface area (Å²) in [6.45, 7) is 9.21. The van der Waals surface area contributed by atoms with E-state index in [1.54, 1.807) is 0 Å². The van der Waals surface area contributed by atoms with Gasteiger partial charge in [0.15, 0.2) is 12.6 Å². The molecular formula is C19H28Cl2O5. The van der Waals surface area contributed by atoms with Gasteiger partial charge in [-0.1, -0.05) is 20.4 Å². The number of fused-ring (bicyclic) bond motifs is 2. The summed E-state index contributed by atoms with van der Waals surface area (Å²) in [7, 11) is 0. The number of halogens is 2. The van der Waals surface area contributed by atoms with Crippen molar-refractivity contribution >= 4 is 29.2 Å². The Labute approximate surface area is 165 Å². The zero-order chi connectivity index (χ0) is 18.9. The summed E-state index contributed by atoms with van der Waals surface area (Å²) in [4.78, 5) is 12.0. The largest absolute Gasteiger partial charge is 0.458 e. The van der Waals surface area contributed by atoms with Gasteiger partial charge in [-0.2, -0.15) is 0 Å². The van der Waals surface area contributed by atoms with Crippen LogP contribution in [0.15, 0.2) is 12.2 Å². The van der Waals surface area contributed by atoms with Crippen molar-refractivity contribution in [3.8, 4) is 0 Å². The minimum absolute atomic E-state index is 0.00552. The number of carbonyl (C=O) groups is 1. The predicted molar refractivity (Wildman–Crippen MR) is 99.1 cm³/mol. The molecule has 0 aromatic heterocycles. The first-order chi connectivity index (χ1) is 12.4. The van der Waals surface area contributed by atoms with Gasteiger partial charge in [0.25, 0.3) is 0 Å². The van der Waals surface area contributed by atoms with Gasteiger partial charge in [-0.15, -0.1) is 23.2 Å². The Kier molecular flexibility index (Phi) is 6.56. The third-order valence-corrected chi connectivity index (χ3v) is 6.51. The first-order valence-electron chi connectivity index (χ1n) is 9.31. The van der Waals surface area contributed by atoms with Crippen molar-refractivity contribution in [1.29, 1.82) is 0 Å². The molecule has 0 spiro atoms. The second kappa shape index (κ2) is 8.36. The van der Waals surface area contributed by atoms with Gasteiger partial charge in [0.1, 0.15) is 6.10 Å². The molecule has 2 heterocycles. The third kappa shape index (κ3) is 3.79. The lowest BCUT2D eigenvalue weighted by Crippen LogP contribution is -2.53. The fraction of sp³-hybridized carbons (Fsp3) is 0.842. The molecule has 2 saturated heterocycles. The van der Waals surface area contributed by atoms with Crippen LogP contribution in [0.25, 0.3) is 0 Å². The Morgan fingerprint density at radius 3 is 2.62 bits per heavy atom. The van der Waals surface area contributed by atoms with Gasteiger partial charge in [0, 0.05) is 35.1 Å². The maximum absolute atomic E-state index is 12.0. The molecule has 0 unspecified atom stereocenters. The van der Waals surface area contributed by atoms with Crippen LogP contribution >= 0.6 is 23.2 Å². The zero-order valence-electron chi connectivity index (χ0n) is 15.4. The molecule has 26 heavy (non-hydrogen) atoms. The first kappa shape index (κ1) is 20.4. The van der Waals surface area contributed by atoms with Crippen molar-refractivity contribution < 1.29 is 23.7 Å². The van der Waals surface area contributed by atoms with Crippen LogP contribution in [-0.4, -0.2) is 49.6 Å². The number of hydrogen-bond acceptors (Lipinski definition) is 5. The van der Waals surface area contributed by atoms with Crippen LogP contribution in [0.1, 0.15) is 33.1 Å². The van der Waals surface area contributed by atoms with Gasteiger partial charge in [0.05, 0.1) is 13.2 Å². The van der Waals surface area contributed by atoms with Crippen molar-refractivity contribution in [2.45, 2.75) is 51.8 Å². The van der Waals surface area contributed by atoms with Gasteiger partial charge >= 0.3 is 5.97 Å². The van der Waals surface area contributed by atoms with Gasteiger partial charge in [0.2, 0.25) is 0 Å². The number of hydrogen-bond donors (Lipinski definition) is 0. The molecule has 2 aliphatic heterocycles. The van der Waals surface area contributed by atoms with E-state index in [0.717, 1.165) is 19.3 Å². The Balaban J connectivity index is 1.87. The molecule has 0 aromatic rings. The summed E-state index contributed by atoms with van der Waals surface area (Å²) < 4.78 is 23.6. The molecule has 3 fully saturated rings. The lowest BCUT2D eigenvalue weighted by Gasteiger charge is -2.50. The molecule has 148 valence electrons. The molecule has 0 aromatic carbocycles. The Bertz CT molecular complexity index is 542. The van der Waals surface area contributed by atoms with Crippen LogP contribution in [0, 0.1) is 23.2 Å². The molecule has 0 amide bonds. The van der Waals surface area contributed by atoms with Crippen molar-refractivity contribution in [3.05, 3.63) is 12.2 Å². The van der Waals surface area contributed by atoms with E-state index in [1.807, 2.05) is 0 Å². The summed E-state index contributed by atoms with van der Waals surface area (Å²) in [5, 5.41) is 0. The highest BCUT2D eigenvalue weighted by molar-refractivity contribution is 6.18. The van der Waals surface area contributed by atoms with Crippen molar-refractivity contribution in [2.24, 2.45) is 23.2 Å². The van der Waals surface area contributed by atoms with E-state index in [9.17, 15) is 4.79 Å².